The molecule has 1 aliphatic heterocycles. The molecule has 2 rings (SSSR count). The number of rotatable bonds is 4. The lowest BCUT2D eigenvalue weighted by atomic mass is 9.80. The van der Waals surface area contributed by atoms with E-state index in [-0.39, 0.29) is 16.8 Å². The van der Waals surface area contributed by atoms with E-state index in [1.54, 1.807) is 19.2 Å². The molecule has 29 heavy (non-hydrogen) atoms. The minimum Gasteiger partial charge on any atom is -0.466 e. The number of esters is 2. The van der Waals surface area contributed by atoms with Crippen LogP contribution in [0.4, 0.5) is 18.9 Å². The Labute approximate surface area is 164 Å². The summed E-state index contributed by atoms with van der Waals surface area (Å²) in [6.45, 7) is 3.21. The van der Waals surface area contributed by atoms with Gasteiger partial charge < -0.3 is 20.1 Å². The molecule has 10 heteroatoms. The second-order valence-electron chi connectivity index (χ2n) is 6.20. The smallest absolute Gasteiger partial charge is 0.466 e. The van der Waals surface area contributed by atoms with Crippen LogP contribution in [0.2, 0.25) is 0 Å². The normalized spacial score (nSPS) is 15.0. The lowest BCUT2D eigenvalue weighted by Gasteiger charge is -2.30. The van der Waals surface area contributed by atoms with Crippen LogP contribution in [0.1, 0.15) is 25.3 Å². The number of carbonyl (C=O) groups is 3. The number of hydrogen-bond donors (Lipinski definition) is 2. The number of hydrogen-bond acceptors (Lipinski definition) is 6. The summed E-state index contributed by atoms with van der Waals surface area (Å²) < 4.78 is 47.3. The quantitative estimate of drug-likeness (QED) is 0.739. The highest BCUT2D eigenvalue weighted by Crippen LogP contribution is 2.39. The molecule has 2 N–H and O–H groups in total. The first-order valence-electron chi connectivity index (χ1n) is 8.34. The van der Waals surface area contributed by atoms with Gasteiger partial charge in [0.1, 0.15) is 0 Å². The second kappa shape index (κ2) is 8.38. The average Bonchev–Trinajstić information content (AvgIpc) is 2.65. The summed E-state index contributed by atoms with van der Waals surface area (Å²) in [5.74, 6) is -4.56. The molecule has 0 fully saturated rings. The zero-order valence-electron chi connectivity index (χ0n) is 16.1. The molecule has 156 valence electrons. The molecule has 1 heterocycles. The molecule has 0 saturated heterocycles. The van der Waals surface area contributed by atoms with Crippen LogP contribution in [0.25, 0.3) is 0 Å². The van der Waals surface area contributed by atoms with Crippen molar-refractivity contribution >= 4 is 23.5 Å². The van der Waals surface area contributed by atoms with Crippen LogP contribution in [0.15, 0.2) is 46.8 Å². The van der Waals surface area contributed by atoms with Gasteiger partial charge in [0.2, 0.25) is 0 Å². The molecule has 0 unspecified atom stereocenters. The number of amides is 1. The van der Waals surface area contributed by atoms with Gasteiger partial charge in [0.15, 0.2) is 0 Å². The zero-order chi connectivity index (χ0) is 21.9. The number of alkyl halides is 3. The highest BCUT2D eigenvalue weighted by Gasteiger charge is 2.40. The molecule has 1 amide bonds. The van der Waals surface area contributed by atoms with Gasteiger partial charge >= 0.3 is 24.0 Å². The summed E-state index contributed by atoms with van der Waals surface area (Å²) in [6, 6.07) is 5.44. The Morgan fingerprint density at radius 2 is 1.52 bits per heavy atom. The van der Waals surface area contributed by atoms with Gasteiger partial charge in [0, 0.05) is 17.1 Å². The highest BCUT2D eigenvalue weighted by molar-refractivity contribution is 6.00. The predicted octanol–water partition coefficient (Wildman–Crippen LogP) is 2.77. The molecule has 7 nitrogen and oxygen atoms in total. The number of nitrogens with one attached hydrogen (secondary N) is 2. The Bertz CT molecular complexity index is 881. The second-order valence-corrected chi connectivity index (χ2v) is 6.20. The molecule has 1 aliphatic rings. The van der Waals surface area contributed by atoms with E-state index < -0.39 is 29.9 Å². The van der Waals surface area contributed by atoms with Gasteiger partial charge in [-0.15, -0.1) is 0 Å². The highest BCUT2D eigenvalue weighted by atomic mass is 19.4. The molecule has 1 aromatic rings. The van der Waals surface area contributed by atoms with Crippen molar-refractivity contribution in [3.63, 3.8) is 0 Å². The first kappa shape index (κ1) is 22.0. The van der Waals surface area contributed by atoms with Crippen LogP contribution >= 0.6 is 0 Å². The molecule has 0 atom stereocenters. The Morgan fingerprint density at radius 3 is 1.97 bits per heavy atom. The number of carbonyl (C=O) groups excluding carboxylic acids is 3. The zero-order valence-corrected chi connectivity index (χ0v) is 16.1. The summed E-state index contributed by atoms with van der Waals surface area (Å²) >= 11 is 0. The van der Waals surface area contributed by atoms with E-state index >= 15 is 0 Å². The van der Waals surface area contributed by atoms with E-state index in [0.717, 1.165) is 0 Å². The fourth-order valence-corrected chi connectivity index (χ4v) is 3.09. The van der Waals surface area contributed by atoms with Gasteiger partial charge in [-0.2, -0.15) is 13.2 Å². The number of anilines is 1. The van der Waals surface area contributed by atoms with Gasteiger partial charge in [0.05, 0.1) is 31.3 Å². The Hall–Kier alpha value is -3.30. The molecule has 0 spiro atoms. The summed E-state index contributed by atoms with van der Waals surface area (Å²) in [7, 11) is 2.34. The van der Waals surface area contributed by atoms with E-state index in [1.165, 1.54) is 38.5 Å². The molecule has 0 saturated carbocycles. The first-order chi connectivity index (χ1) is 13.5. The third kappa shape index (κ3) is 4.58. The van der Waals surface area contributed by atoms with Crippen LogP contribution in [-0.4, -0.2) is 38.2 Å². The standard InChI is InChI=1S/C19H19F3N2O5/c1-9-13(16(25)28-3)15(14(10(2)23-9)17(26)29-4)11-6-5-7-12(8-11)24-18(27)19(20,21)22/h5-8,15,23H,1-4H3,(H,24,27). The monoisotopic (exact) mass is 412 g/mol. The van der Waals surface area contributed by atoms with Gasteiger partial charge in [-0.25, -0.2) is 9.59 Å². The number of allylic oxidation sites excluding steroid dienone is 2. The number of dihydropyridines is 1. The maximum absolute atomic E-state index is 12.6. The van der Waals surface area contributed by atoms with E-state index in [2.05, 4.69) is 5.32 Å². The van der Waals surface area contributed by atoms with Crippen LogP contribution in [0.3, 0.4) is 0 Å². The molecular weight excluding hydrogens is 393 g/mol. The van der Waals surface area contributed by atoms with Crippen molar-refractivity contribution in [3.05, 3.63) is 52.4 Å². The molecule has 0 aliphatic carbocycles. The van der Waals surface area contributed by atoms with Crippen LogP contribution in [0, 0.1) is 0 Å². The summed E-state index contributed by atoms with van der Waals surface area (Å²) in [5, 5.41) is 4.67. The van der Waals surface area contributed by atoms with Gasteiger partial charge in [-0.1, -0.05) is 12.1 Å². The maximum atomic E-state index is 12.6. The Morgan fingerprint density at radius 1 is 1.00 bits per heavy atom. The molecule has 0 bridgehead atoms. The van der Waals surface area contributed by atoms with Crippen LogP contribution in [-0.2, 0) is 23.9 Å². The SMILES string of the molecule is COC(=O)C1=C(C)NC(C)=C(C(=O)OC)C1c1cccc(NC(=O)C(F)(F)F)c1. The van der Waals surface area contributed by atoms with E-state index in [0.29, 0.717) is 17.0 Å². The number of benzene rings is 1. The van der Waals surface area contributed by atoms with Crippen molar-refractivity contribution in [1.29, 1.82) is 0 Å². The number of methoxy groups -OCH3 is 2. The third-order valence-electron chi connectivity index (χ3n) is 4.31. The minimum atomic E-state index is -5.06. The van der Waals surface area contributed by atoms with Crippen LogP contribution < -0.4 is 10.6 Å². The summed E-state index contributed by atoms with van der Waals surface area (Å²) in [4.78, 5) is 36.1. The first-order valence-corrected chi connectivity index (χ1v) is 8.34. The van der Waals surface area contributed by atoms with Gasteiger partial charge in [0.25, 0.3) is 0 Å². The molecule has 0 radical (unpaired) electrons. The predicted molar refractivity (Wildman–Crippen MR) is 96.4 cm³/mol. The van der Waals surface area contributed by atoms with E-state index in [1.807, 2.05) is 0 Å². The van der Waals surface area contributed by atoms with Crippen molar-refractivity contribution in [2.45, 2.75) is 25.9 Å². The Balaban J connectivity index is 2.60. The molecule has 1 aromatic carbocycles. The van der Waals surface area contributed by atoms with Gasteiger partial charge in [-0.3, -0.25) is 4.79 Å². The number of halogens is 3. The van der Waals surface area contributed by atoms with E-state index in [4.69, 9.17) is 9.47 Å². The van der Waals surface area contributed by atoms with Gasteiger partial charge in [-0.05, 0) is 31.5 Å². The number of ether oxygens (including phenoxy) is 2. The van der Waals surface area contributed by atoms with Crippen molar-refractivity contribution in [2.24, 2.45) is 0 Å². The topological polar surface area (TPSA) is 93.7 Å². The maximum Gasteiger partial charge on any atom is 0.471 e. The lowest BCUT2D eigenvalue weighted by molar-refractivity contribution is -0.167. The third-order valence-corrected chi connectivity index (χ3v) is 4.31. The van der Waals surface area contributed by atoms with E-state index in [9.17, 15) is 27.6 Å². The molecular formula is C19H19F3N2O5. The van der Waals surface area contributed by atoms with Crippen LogP contribution in [0.5, 0.6) is 0 Å². The molecule has 0 aromatic heterocycles. The van der Waals surface area contributed by atoms with Crippen molar-refractivity contribution in [3.8, 4) is 0 Å². The summed E-state index contributed by atoms with van der Waals surface area (Å²) in [5.41, 5.74) is 1.17. The fourth-order valence-electron chi connectivity index (χ4n) is 3.09. The largest absolute Gasteiger partial charge is 0.471 e. The van der Waals surface area contributed by atoms with Crippen molar-refractivity contribution in [2.75, 3.05) is 19.5 Å². The summed E-state index contributed by atoms with van der Waals surface area (Å²) in [6.07, 6.45) is -5.06. The Kier molecular flexibility index (Phi) is 6.35. The fraction of sp³-hybridized carbons (Fsp3) is 0.316. The minimum absolute atomic E-state index is 0.0952. The lowest BCUT2D eigenvalue weighted by Crippen LogP contribution is -2.32. The van der Waals surface area contributed by atoms with Crippen molar-refractivity contribution in [1.82, 2.24) is 5.32 Å². The van der Waals surface area contributed by atoms with Crippen molar-refractivity contribution < 1.29 is 37.0 Å². The average molecular weight is 412 g/mol.